The minimum atomic E-state index is -0.0729. The summed E-state index contributed by atoms with van der Waals surface area (Å²) < 4.78 is 7.69. The highest BCUT2D eigenvalue weighted by Crippen LogP contribution is 2.39. The van der Waals surface area contributed by atoms with Crippen LogP contribution in [-0.4, -0.2) is 57.8 Å². The second-order valence-electron chi connectivity index (χ2n) is 9.52. The standard InChI is InChI=1S/C25H36N4O2/c1-18-14-19(2)29(26-18)17-21-15-20(10-11-22(21)31-5)16-28-13-12-25(3)23(28)8-6-7-9-24(30)27(25)4/h10-11,14-15,23H,6-9,12-13,16-17H2,1-5H3/t23-,25-/m1/s1. The van der Waals surface area contributed by atoms with E-state index in [4.69, 9.17) is 4.74 Å². The first-order chi connectivity index (χ1) is 14.8. The van der Waals surface area contributed by atoms with Crippen LogP contribution in [0, 0.1) is 13.8 Å². The van der Waals surface area contributed by atoms with Crippen molar-refractivity contribution in [2.75, 3.05) is 20.7 Å². The Labute approximate surface area is 186 Å². The first-order valence-electron chi connectivity index (χ1n) is 11.5. The summed E-state index contributed by atoms with van der Waals surface area (Å²) in [5.74, 6) is 1.20. The number of likely N-dealkylation sites (N-methyl/N-ethyl adjacent to an activating group) is 1. The number of carbonyl (C=O) groups is 1. The maximum Gasteiger partial charge on any atom is 0.222 e. The van der Waals surface area contributed by atoms with Gasteiger partial charge in [-0.2, -0.15) is 5.10 Å². The van der Waals surface area contributed by atoms with Crippen molar-refractivity contribution in [1.82, 2.24) is 19.6 Å². The Kier molecular flexibility index (Phi) is 6.11. The third kappa shape index (κ3) is 4.22. The molecule has 168 valence electrons. The number of likely N-dealkylation sites (tertiary alicyclic amines) is 2. The Morgan fingerprint density at radius 1 is 1.19 bits per heavy atom. The number of aromatic nitrogens is 2. The Morgan fingerprint density at radius 3 is 2.71 bits per heavy atom. The summed E-state index contributed by atoms with van der Waals surface area (Å²) in [6.07, 6.45) is 5.01. The fourth-order valence-corrected chi connectivity index (χ4v) is 5.51. The molecule has 0 aliphatic carbocycles. The van der Waals surface area contributed by atoms with Crippen molar-refractivity contribution in [2.24, 2.45) is 0 Å². The molecule has 2 saturated heterocycles. The summed E-state index contributed by atoms with van der Waals surface area (Å²) in [6.45, 7) is 9.03. The van der Waals surface area contributed by atoms with Gasteiger partial charge in [-0.05, 0) is 63.8 Å². The van der Waals surface area contributed by atoms with E-state index in [9.17, 15) is 4.79 Å². The molecule has 1 aromatic heterocycles. The number of hydrogen-bond acceptors (Lipinski definition) is 4. The van der Waals surface area contributed by atoms with E-state index in [0.29, 0.717) is 24.9 Å². The lowest BCUT2D eigenvalue weighted by molar-refractivity contribution is -0.137. The van der Waals surface area contributed by atoms with Crippen molar-refractivity contribution in [3.63, 3.8) is 0 Å². The van der Waals surface area contributed by atoms with Crippen LogP contribution in [-0.2, 0) is 17.9 Å². The summed E-state index contributed by atoms with van der Waals surface area (Å²) in [6, 6.07) is 9.04. The monoisotopic (exact) mass is 424 g/mol. The fourth-order valence-electron chi connectivity index (χ4n) is 5.51. The van der Waals surface area contributed by atoms with Crippen LogP contribution in [0.5, 0.6) is 5.75 Å². The topological polar surface area (TPSA) is 50.6 Å². The Morgan fingerprint density at radius 2 is 2.00 bits per heavy atom. The Balaban J connectivity index is 1.56. The molecular weight excluding hydrogens is 388 g/mol. The number of aryl methyl sites for hydroxylation is 2. The van der Waals surface area contributed by atoms with Crippen molar-refractivity contribution in [3.8, 4) is 5.75 Å². The molecule has 2 fully saturated rings. The second kappa shape index (κ2) is 8.65. The predicted octanol–water partition coefficient (Wildman–Crippen LogP) is 3.92. The predicted molar refractivity (Wildman–Crippen MR) is 122 cm³/mol. The van der Waals surface area contributed by atoms with Gasteiger partial charge in [0.15, 0.2) is 0 Å². The van der Waals surface area contributed by atoms with Crippen LogP contribution in [0.1, 0.15) is 61.5 Å². The number of nitrogens with zero attached hydrogens (tertiary/aromatic N) is 4. The molecule has 2 aliphatic heterocycles. The number of fused-ring (bicyclic) bond motifs is 1. The molecule has 0 bridgehead atoms. The lowest BCUT2D eigenvalue weighted by Gasteiger charge is -2.44. The van der Waals surface area contributed by atoms with Gasteiger partial charge in [0.2, 0.25) is 5.91 Å². The van der Waals surface area contributed by atoms with E-state index in [1.54, 1.807) is 7.11 Å². The molecule has 2 atom stereocenters. The minimum Gasteiger partial charge on any atom is -0.496 e. The zero-order valence-corrected chi connectivity index (χ0v) is 19.6. The van der Waals surface area contributed by atoms with Crippen molar-refractivity contribution in [3.05, 3.63) is 46.8 Å². The summed E-state index contributed by atoms with van der Waals surface area (Å²) >= 11 is 0. The first kappa shape index (κ1) is 21.9. The van der Waals surface area contributed by atoms with Crippen LogP contribution in [0.4, 0.5) is 0 Å². The highest BCUT2D eigenvalue weighted by molar-refractivity contribution is 5.77. The molecule has 0 unspecified atom stereocenters. The molecule has 6 nitrogen and oxygen atoms in total. The van der Waals surface area contributed by atoms with Crippen LogP contribution in [0.2, 0.25) is 0 Å². The van der Waals surface area contributed by atoms with Crippen LogP contribution in [0.15, 0.2) is 24.3 Å². The first-order valence-corrected chi connectivity index (χ1v) is 11.5. The van der Waals surface area contributed by atoms with Gasteiger partial charge >= 0.3 is 0 Å². The van der Waals surface area contributed by atoms with E-state index < -0.39 is 0 Å². The van der Waals surface area contributed by atoms with Crippen LogP contribution in [0.25, 0.3) is 0 Å². The molecular formula is C25H36N4O2. The molecule has 1 aromatic carbocycles. The van der Waals surface area contributed by atoms with Gasteiger partial charge in [0.25, 0.3) is 0 Å². The van der Waals surface area contributed by atoms with Crippen molar-refractivity contribution >= 4 is 5.91 Å². The SMILES string of the molecule is COc1ccc(CN2CC[C@]3(C)[C@H]2CCCCC(=O)N3C)cc1Cn1nc(C)cc1C. The average molecular weight is 425 g/mol. The second-order valence-corrected chi connectivity index (χ2v) is 9.52. The van der Waals surface area contributed by atoms with E-state index in [-0.39, 0.29) is 5.54 Å². The largest absolute Gasteiger partial charge is 0.496 e. The molecule has 2 aliphatic rings. The normalized spacial score (nSPS) is 24.7. The third-order valence-corrected chi connectivity index (χ3v) is 7.48. The molecule has 3 heterocycles. The van der Waals surface area contributed by atoms with Gasteiger partial charge in [-0.3, -0.25) is 14.4 Å². The van der Waals surface area contributed by atoms with Gasteiger partial charge in [-0.25, -0.2) is 0 Å². The highest BCUT2D eigenvalue weighted by Gasteiger charge is 2.48. The Bertz CT molecular complexity index is 953. The summed E-state index contributed by atoms with van der Waals surface area (Å²) in [5, 5.41) is 4.62. The van der Waals surface area contributed by atoms with Crippen LogP contribution < -0.4 is 4.74 Å². The van der Waals surface area contributed by atoms with Gasteiger partial charge < -0.3 is 9.64 Å². The lowest BCUT2D eigenvalue weighted by atomic mass is 9.85. The van der Waals surface area contributed by atoms with E-state index in [1.807, 2.05) is 23.6 Å². The number of methoxy groups -OCH3 is 1. The molecule has 0 N–H and O–H groups in total. The molecule has 0 spiro atoms. The van der Waals surface area contributed by atoms with Gasteiger partial charge in [-0.15, -0.1) is 0 Å². The quantitative estimate of drug-likeness (QED) is 0.730. The zero-order chi connectivity index (χ0) is 22.2. The molecule has 2 aromatic rings. The maximum absolute atomic E-state index is 12.6. The average Bonchev–Trinajstić information content (AvgIpc) is 3.22. The molecule has 31 heavy (non-hydrogen) atoms. The van der Waals surface area contributed by atoms with Crippen molar-refractivity contribution < 1.29 is 9.53 Å². The fraction of sp³-hybridized carbons (Fsp3) is 0.600. The molecule has 0 radical (unpaired) electrons. The third-order valence-electron chi connectivity index (χ3n) is 7.48. The minimum absolute atomic E-state index is 0.0729. The Hall–Kier alpha value is -2.34. The van der Waals surface area contributed by atoms with Crippen molar-refractivity contribution in [2.45, 2.75) is 77.5 Å². The van der Waals surface area contributed by atoms with Crippen LogP contribution in [0.3, 0.4) is 0 Å². The number of rotatable bonds is 5. The zero-order valence-electron chi connectivity index (χ0n) is 19.6. The molecule has 4 rings (SSSR count). The van der Waals surface area contributed by atoms with Gasteiger partial charge in [0.05, 0.1) is 24.9 Å². The molecule has 0 saturated carbocycles. The highest BCUT2D eigenvalue weighted by atomic mass is 16.5. The van der Waals surface area contributed by atoms with Gasteiger partial charge in [-0.1, -0.05) is 12.5 Å². The number of ether oxygens (including phenoxy) is 1. The summed E-state index contributed by atoms with van der Waals surface area (Å²) in [5.41, 5.74) is 4.56. The van der Waals surface area contributed by atoms with E-state index >= 15 is 0 Å². The van der Waals surface area contributed by atoms with Gasteiger partial charge in [0, 0.05) is 43.9 Å². The van der Waals surface area contributed by atoms with E-state index in [2.05, 4.69) is 48.1 Å². The number of amides is 1. The summed E-state index contributed by atoms with van der Waals surface area (Å²) in [4.78, 5) is 17.2. The molecule has 6 heteroatoms. The number of benzene rings is 1. The van der Waals surface area contributed by atoms with E-state index in [0.717, 1.165) is 61.5 Å². The maximum atomic E-state index is 12.6. The lowest BCUT2D eigenvalue weighted by Crippen LogP contribution is -2.56. The number of hydrogen-bond donors (Lipinski definition) is 0. The summed E-state index contributed by atoms with van der Waals surface area (Å²) in [7, 11) is 3.73. The van der Waals surface area contributed by atoms with Crippen LogP contribution >= 0.6 is 0 Å². The smallest absolute Gasteiger partial charge is 0.222 e. The van der Waals surface area contributed by atoms with Gasteiger partial charge in [0.1, 0.15) is 5.75 Å². The molecule has 1 amide bonds. The number of carbonyl (C=O) groups excluding carboxylic acids is 1. The van der Waals surface area contributed by atoms with Crippen molar-refractivity contribution in [1.29, 1.82) is 0 Å². The van der Waals surface area contributed by atoms with E-state index in [1.165, 1.54) is 5.56 Å².